The number of carbonyl (C=O) groups excluding carboxylic acids is 1. The molecule has 6 nitrogen and oxygen atoms in total. The van der Waals surface area contributed by atoms with E-state index >= 15 is 0 Å². The van der Waals surface area contributed by atoms with Crippen LogP contribution in [0.2, 0.25) is 0 Å². The van der Waals surface area contributed by atoms with Crippen molar-refractivity contribution in [2.45, 2.75) is 24.8 Å². The maximum atomic E-state index is 12.5. The van der Waals surface area contributed by atoms with Crippen LogP contribution in [0.25, 0.3) is 0 Å². The number of rotatable bonds is 7. The van der Waals surface area contributed by atoms with Gasteiger partial charge in [0.15, 0.2) is 6.10 Å². The number of anilines is 2. The molecule has 0 fully saturated rings. The first-order valence-electron chi connectivity index (χ1n) is 9.06. The van der Waals surface area contributed by atoms with Gasteiger partial charge in [-0.1, -0.05) is 36.4 Å². The molecule has 1 amide bonds. The van der Waals surface area contributed by atoms with Gasteiger partial charge in [0, 0.05) is 11.4 Å². The first-order chi connectivity index (χ1) is 13.8. The predicted molar refractivity (Wildman–Crippen MR) is 114 cm³/mol. The average Bonchev–Trinajstić information content (AvgIpc) is 2.70. The van der Waals surface area contributed by atoms with E-state index in [1.165, 1.54) is 24.3 Å². The molecule has 7 heteroatoms. The molecular formula is C22H22N2O4S. The Morgan fingerprint density at radius 3 is 2.14 bits per heavy atom. The maximum Gasteiger partial charge on any atom is 0.265 e. The summed E-state index contributed by atoms with van der Waals surface area (Å²) in [5.74, 6) is 0.315. The zero-order valence-electron chi connectivity index (χ0n) is 16.1. The highest BCUT2D eigenvalue weighted by atomic mass is 32.2. The number of aryl methyl sites for hydroxylation is 1. The summed E-state index contributed by atoms with van der Waals surface area (Å²) in [5, 5.41) is 2.73. The Morgan fingerprint density at radius 1 is 0.862 bits per heavy atom. The lowest BCUT2D eigenvalue weighted by Gasteiger charge is -2.16. The topological polar surface area (TPSA) is 84.5 Å². The van der Waals surface area contributed by atoms with Crippen molar-refractivity contribution in [3.05, 3.63) is 84.4 Å². The van der Waals surface area contributed by atoms with Gasteiger partial charge in [0.2, 0.25) is 0 Å². The Morgan fingerprint density at radius 2 is 1.48 bits per heavy atom. The van der Waals surface area contributed by atoms with E-state index in [0.717, 1.165) is 5.56 Å². The number of benzene rings is 3. The number of hydrogen-bond acceptors (Lipinski definition) is 4. The summed E-state index contributed by atoms with van der Waals surface area (Å²) < 4.78 is 33.1. The van der Waals surface area contributed by atoms with Crippen LogP contribution >= 0.6 is 0 Å². The summed E-state index contributed by atoms with van der Waals surface area (Å²) in [5.41, 5.74) is 1.90. The highest BCUT2D eigenvalue weighted by Gasteiger charge is 2.17. The van der Waals surface area contributed by atoms with Gasteiger partial charge in [-0.3, -0.25) is 9.52 Å². The Balaban J connectivity index is 1.64. The lowest BCUT2D eigenvalue weighted by molar-refractivity contribution is -0.122. The van der Waals surface area contributed by atoms with Crippen LogP contribution < -0.4 is 14.8 Å². The lowest BCUT2D eigenvalue weighted by Crippen LogP contribution is -2.30. The minimum atomic E-state index is -3.71. The summed E-state index contributed by atoms with van der Waals surface area (Å²) >= 11 is 0. The van der Waals surface area contributed by atoms with Crippen LogP contribution in [0.4, 0.5) is 11.4 Å². The van der Waals surface area contributed by atoms with E-state index in [4.69, 9.17) is 4.74 Å². The van der Waals surface area contributed by atoms with Crippen LogP contribution in [0, 0.1) is 6.92 Å². The number of amides is 1. The highest BCUT2D eigenvalue weighted by Crippen LogP contribution is 2.20. The largest absolute Gasteiger partial charge is 0.481 e. The molecule has 3 aromatic rings. The van der Waals surface area contributed by atoms with E-state index in [0.29, 0.717) is 17.1 Å². The minimum Gasteiger partial charge on any atom is -0.481 e. The molecule has 0 heterocycles. The van der Waals surface area contributed by atoms with Crippen molar-refractivity contribution in [2.75, 3.05) is 10.0 Å². The van der Waals surface area contributed by atoms with Gasteiger partial charge in [-0.25, -0.2) is 8.42 Å². The molecule has 0 aliphatic rings. The fourth-order valence-electron chi connectivity index (χ4n) is 2.61. The van der Waals surface area contributed by atoms with Crippen LogP contribution in [-0.2, 0) is 14.8 Å². The van der Waals surface area contributed by atoms with Crippen LogP contribution in [0.5, 0.6) is 5.75 Å². The Labute approximate surface area is 170 Å². The molecule has 2 N–H and O–H groups in total. The monoisotopic (exact) mass is 410 g/mol. The number of sulfonamides is 1. The number of ether oxygens (including phenoxy) is 1. The summed E-state index contributed by atoms with van der Waals surface area (Å²) in [6.45, 7) is 3.56. The summed E-state index contributed by atoms with van der Waals surface area (Å²) in [4.78, 5) is 12.5. The molecule has 0 saturated carbocycles. The second-order valence-electron chi connectivity index (χ2n) is 6.51. The van der Waals surface area contributed by atoms with Gasteiger partial charge >= 0.3 is 0 Å². The van der Waals surface area contributed by atoms with Crippen molar-refractivity contribution >= 4 is 27.3 Å². The number of nitrogens with one attached hydrogen (secondary N) is 2. The van der Waals surface area contributed by atoms with E-state index in [1.807, 2.05) is 25.1 Å². The molecule has 0 aliphatic carbocycles. The molecule has 3 rings (SSSR count). The van der Waals surface area contributed by atoms with Gasteiger partial charge in [0.25, 0.3) is 15.9 Å². The van der Waals surface area contributed by atoms with Crippen LogP contribution in [0.3, 0.4) is 0 Å². The van der Waals surface area contributed by atoms with Crippen LogP contribution in [0.15, 0.2) is 83.8 Å². The van der Waals surface area contributed by atoms with E-state index in [9.17, 15) is 13.2 Å². The van der Waals surface area contributed by atoms with Gasteiger partial charge in [-0.15, -0.1) is 0 Å². The molecular weight excluding hydrogens is 388 g/mol. The predicted octanol–water partition coefficient (Wildman–Crippen LogP) is 4.20. The standard InChI is InChI=1S/C22H22N2O4S/c1-16-8-6-7-11-21(16)28-17(2)22(25)23-18-12-14-20(15-13-18)29(26,27)24-19-9-4-3-5-10-19/h3-15,17,24H,1-2H3,(H,23,25)/t17-/m1/s1. The molecule has 0 aromatic heterocycles. The van der Waals surface area contributed by atoms with Crippen molar-refractivity contribution in [3.8, 4) is 5.75 Å². The SMILES string of the molecule is Cc1ccccc1O[C@H](C)C(=O)Nc1ccc(S(=O)(=O)Nc2ccccc2)cc1. The van der Waals surface area contributed by atoms with Crippen LogP contribution in [0.1, 0.15) is 12.5 Å². The van der Waals surface area contributed by atoms with Crippen molar-refractivity contribution in [1.29, 1.82) is 0 Å². The molecule has 29 heavy (non-hydrogen) atoms. The number of hydrogen-bond donors (Lipinski definition) is 2. The van der Waals surface area contributed by atoms with Gasteiger partial charge in [0.1, 0.15) is 5.75 Å². The second-order valence-corrected chi connectivity index (χ2v) is 8.19. The summed E-state index contributed by atoms with van der Waals surface area (Å²) in [6, 6.07) is 22.0. The smallest absolute Gasteiger partial charge is 0.265 e. The molecule has 3 aromatic carbocycles. The fraction of sp³-hybridized carbons (Fsp3) is 0.136. The number of para-hydroxylation sites is 2. The van der Waals surface area contributed by atoms with E-state index in [-0.39, 0.29) is 10.8 Å². The Hall–Kier alpha value is -3.32. The second kappa shape index (κ2) is 8.79. The summed E-state index contributed by atoms with van der Waals surface area (Å²) in [6.07, 6.45) is -0.709. The van der Waals surface area contributed by atoms with Crippen molar-refractivity contribution in [1.82, 2.24) is 0 Å². The van der Waals surface area contributed by atoms with E-state index < -0.39 is 16.1 Å². The van der Waals surface area contributed by atoms with Gasteiger partial charge < -0.3 is 10.1 Å². The van der Waals surface area contributed by atoms with Crippen molar-refractivity contribution in [3.63, 3.8) is 0 Å². The Kier molecular flexibility index (Phi) is 6.19. The molecule has 0 radical (unpaired) electrons. The maximum absolute atomic E-state index is 12.5. The van der Waals surface area contributed by atoms with Crippen molar-refractivity contribution < 1.29 is 17.9 Å². The third-order valence-corrected chi connectivity index (χ3v) is 5.62. The molecule has 1 atom stereocenters. The third kappa shape index (κ3) is 5.36. The van der Waals surface area contributed by atoms with Crippen LogP contribution in [-0.4, -0.2) is 20.4 Å². The first-order valence-corrected chi connectivity index (χ1v) is 10.5. The Bertz CT molecular complexity index is 1080. The van der Waals surface area contributed by atoms with Gasteiger partial charge in [0.05, 0.1) is 4.90 Å². The molecule has 0 aliphatic heterocycles. The summed E-state index contributed by atoms with van der Waals surface area (Å²) in [7, 11) is -3.71. The highest BCUT2D eigenvalue weighted by molar-refractivity contribution is 7.92. The van der Waals surface area contributed by atoms with E-state index in [1.54, 1.807) is 43.3 Å². The zero-order chi connectivity index (χ0) is 20.9. The van der Waals surface area contributed by atoms with Gasteiger partial charge in [-0.05, 0) is 61.9 Å². The molecule has 150 valence electrons. The quantitative estimate of drug-likeness (QED) is 0.611. The first kappa shape index (κ1) is 20.4. The minimum absolute atomic E-state index is 0.101. The molecule has 0 saturated heterocycles. The fourth-order valence-corrected chi connectivity index (χ4v) is 3.67. The van der Waals surface area contributed by atoms with Gasteiger partial charge in [-0.2, -0.15) is 0 Å². The third-order valence-electron chi connectivity index (χ3n) is 4.22. The zero-order valence-corrected chi connectivity index (χ0v) is 16.9. The van der Waals surface area contributed by atoms with E-state index in [2.05, 4.69) is 10.0 Å². The lowest BCUT2D eigenvalue weighted by atomic mass is 10.2. The number of carbonyl (C=O) groups is 1. The molecule has 0 bridgehead atoms. The normalized spacial score (nSPS) is 12.1. The van der Waals surface area contributed by atoms with Crippen molar-refractivity contribution in [2.24, 2.45) is 0 Å². The molecule has 0 spiro atoms. The molecule has 0 unspecified atom stereocenters. The average molecular weight is 410 g/mol.